The highest BCUT2D eigenvalue weighted by Gasteiger charge is 2.33. The molecular weight excluding hydrogens is 388 g/mol. The van der Waals surface area contributed by atoms with Crippen LogP contribution in [-0.4, -0.2) is 13.1 Å². The van der Waals surface area contributed by atoms with Gasteiger partial charge in [0.2, 0.25) is 0 Å². The Morgan fingerprint density at radius 3 is 2.45 bits per heavy atom. The first-order valence-corrected chi connectivity index (χ1v) is 10.3. The van der Waals surface area contributed by atoms with E-state index in [1.165, 1.54) is 0 Å². The molecule has 4 heteroatoms. The van der Waals surface area contributed by atoms with E-state index >= 15 is 0 Å². The smallest absolute Gasteiger partial charge is 0.312 e. The molecule has 5 rings (SSSR count). The third-order valence-electron chi connectivity index (χ3n) is 5.70. The fraction of sp³-hybridized carbons (Fsp3) is 0.148. The minimum absolute atomic E-state index is 0.118. The fourth-order valence-electron chi connectivity index (χ4n) is 4.17. The Bertz CT molecular complexity index is 1230. The zero-order chi connectivity index (χ0) is 21.2. The molecular formula is C27H22O4. The van der Waals surface area contributed by atoms with Crippen LogP contribution in [0.2, 0.25) is 0 Å². The molecule has 0 N–H and O–H groups in total. The van der Waals surface area contributed by atoms with Gasteiger partial charge in [0, 0.05) is 11.5 Å². The lowest BCUT2D eigenvalue weighted by Gasteiger charge is -2.28. The number of esters is 1. The Labute approximate surface area is 181 Å². The second-order valence-corrected chi connectivity index (χ2v) is 7.62. The molecule has 4 nitrogen and oxygen atoms in total. The highest BCUT2D eigenvalue weighted by molar-refractivity contribution is 5.94. The first-order chi connectivity index (χ1) is 15.2. The SMILES string of the molecule is COc1ccc([C@H]2CC(=O)Oc3c(OCc4ccccc4)cc4ccccc4c32)cc1. The van der Waals surface area contributed by atoms with Crippen LogP contribution in [-0.2, 0) is 11.4 Å². The minimum atomic E-state index is -0.256. The van der Waals surface area contributed by atoms with Crippen molar-refractivity contribution in [3.63, 3.8) is 0 Å². The average Bonchev–Trinajstić information content (AvgIpc) is 2.82. The van der Waals surface area contributed by atoms with Crippen molar-refractivity contribution in [3.8, 4) is 17.2 Å². The van der Waals surface area contributed by atoms with Crippen LogP contribution in [0.25, 0.3) is 10.8 Å². The van der Waals surface area contributed by atoms with Gasteiger partial charge in [-0.2, -0.15) is 0 Å². The normalized spacial score (nSPS) is 15.3. The largest absolute Gasteiger partial charge is 0.497 e. The molecule has 31 heavy (non-hydrogen) atoms. The van der Waals surface area contributed by atoms with E-state index in [9.17, 15) is 4.79 Å². The Balaban J connectivity index is 1.63. The Morgan fingerprint density at radius 1 is 0.935 bits per heavy atom. The van der Waals surface area contributed by atoms with Gasteiger partial charge < -0.3 is 14.2 Å². The van der Waals surface area contributed by atoms with Crippen LogP contribution in [0.15, 0.2) is 84.9 Å². The second-order valence-electron chi connectivity index (χ2n) is 7.62. The monoisotopic (exact) mass is 410 g/mol. The molecule has 1 aliphatic heterocycles. The van der Waals surface area contributed by atoms with Gasteiger partial charge in [-0.15, -0.1) is 0 Å². The van der Waals surface area contributed by atoms with E-state index < -0.39 is 0 Å². The highest BCUT2D eigenvalue weighted by Crippen LogP contribution is 2.48. The predicted molar refractivity (Wildman–Crippen MR) is 120 cm³/mol. The fourth-order valence-corrected chi connectivity index (χ4v) is 4.17. The number of carbonyl (C=O) groups is 1. The van der Waals surface area contributed by atoms with Crippen molar-refractivity contribution in [3.05, 3.63) is 102 Å². The van der Waals surface area contributed by atoms with Gasteiger partial charge in [-0.3, -0.25) is 4.79 Å². The van der Waals surface area contributed by atoms with Gasteiger partial charge in [0.25, 0.3) is 0 Å². The van der Waals surface area contributed by atoms with Gasteiger partial charge in [0.15, 0.2) is 11.5 Å². The number of ether oxygens (including phenoxy) is 3. The Hall–Kier alpha value is -3.79. The Kier molecular flexibility index (Phi) is 5.04. The lowest BCUT2D eigenvalue weighted by Crippen LogP contribution is -2.22. The molecule has 154 valence electrons. The number of hydrogen-bond acceptors (Lipinski definition) is 4. The van der Waals surface area contributed by atoms with E-state index in [4.69, 9.17) is 14.2 Å². The molecule has 0 aromatic heterocycles. The number of fused-ring (bicyclic) bond motifs is 3. The van der Waals surface area contributed by atoms with Gasteiger partial charge in [-0.1, -0.05) is 66.7 Å². The van der Waals surface area contributed by atoms with Crippen LogP contribution in [0.4, 0.5) is 0 Å². The van der Waals surface area contributed by atoms with Crippen molar-refractivity contribution in [2.45, 2.75) is 18.9 Å². The predicted octanol–water partition coefficient (Wildman–Crippen LogP) is 5.87. The van der Waals surface area contributed by atoms with Crippen molar-refractivity contribution in [1.29, 1.82) is 0 Å². The molecule has 0 spiro atoms. The molecule has 0 saturated carbocycles. The minimum Gasteiger partial charge on any atom is -0.497 e. The lowest BCUT2D eigenvalue weighted by atomic mass is 9.83. The molecule has 4 aromatic carbocycles. The molecule has 0 fully saturated rings. The first kappa shape index (κ1) is 19.2. The summed E-state index contributed by atoms with van der Waals surface area (Å²) in [4.78, 5) is 12.6. The summed E-state index contributed by atoms with van der Waals surface area (Å²) in [5.41, 5.74) is 3.09. The molecule has 0 aliphatic carbocycles. The van der Waals surface area contributed by atoms with Crippen LogP contribution in [0.1, 0.15) is 29.0 Å². The summed E-state index contributed by atoms with van der Waals surface area (Å²) in [6.45, 7) is 0.399. The van der Waals surface area contributed by atoms with E-state index in [0.717, 1.165) is 33.2 Å². The summed E-state index contributed by atoms with van der Waals surface area (Å²) in [5, 5.41) is 2.12. The summed E-state index contributed by atoms with van der Waals surface area (Å²) >= 11 is 0. The summed E-state index contributed by atoms with van der Waals surface area (Å²) < 4.78 is 17.2. The number of benzene rings is 4. The van der Waals surface area contributed by atoms with Crippen molar-refractivity contribution >= 4 is 16.7 Å². The van der Waals surface area contributed by atoms with E-state index in [-0.39, 0.29) is 18.3 Å². The van der Waals surface area contributed by atoms with Crippen molar-refractivity contribution < 1.29 is 19.0 Å². The van der Waals surface area contributed by atoms with Gasteiger partial charge in [-0.25, -0.2) is 0 Å². The van der Waals surface area contributed by atoms with Gasteiger partial charge >= 0.3 is 5.97 Å². The maximum Gasteiger partial charge on any atom is 0.312 e. The van der Waals surface area contributed by atoms with Crippen LogP contribution < -0.4 is 14.2 Å². The molecule has 0 amide bonds. The number of carbonyl (C=O) groups excluding carboxylic acids is 1. The average molecular weight is 410 g/mol. The van der Waals surface area contributed by atoms with Crippen molar-refractivity contribution in [2.75, 3.05) is 7.11 Å². The topological polar surface area (TPSA) is 44.8 Å². The van der Waals surface area contributed by atoms with E-state index in [1.807, 2.05) is 72.8 Å². The standard InChI is InChI=1S/C27H22O4/c1-29-21-13-11-19(12-14-21)23-16-25(28)31-27-24(30-17-18-7-3-2-4-8-18)15-20-9-5-6-10-22(20)26(23)27/h2-15,23H,16-17H2,1H3/t23-/m1/s1. The number of hydrogen-bond donors (Lipinski definition) is 0. The lowest BCUT2D eigenvalue weighted by molar-refractivity contribution is -0.135. The van der Waals surface area contributed by atoms with Crippen LogP contribution in [0.3, 0.4) is 0 Å². The maximum absolute atomic E-state index is 12.6. The van der Waals surface area contributed by atoms with Gasteiger partial charge in [0.05, 0.1) is 13.5 Å². The maximum atomic E-state index is 12.6. The second kappa shape index (κ2) is 8.15. The molecule has 0 bridgehead atoms. The van der Waals surface area contributed by atoms with Crippen LogP contribution in [0.5, 0.6) is 17.2 Å². The Morgan fingerprint density at radius 2 is 1.68 bits per heavy atom. The zero-order valence-electron chi connectivity index (χ0n) is 17.2. The highest BCUT2D eigenvalue weighted by atomic mass is 16.6. The molecule has 1 aliphatic rings. The summed E-state index contributed by atoms with van der Waals surface area (Å²) in [7, 11) is 1.64. The zero-order valence-corrected chi connectivity index (χ0v) is 17.2. The molecule has 0 saturated heterocycles. The third kappa shape index (κ3) is 3.73. The third-order valence-corrected chi connectivity index (χ3v) is 5.70. The molecule has 4 aromatic rings. The summed E-state index contributed by atoms with van der Waals surface area (Å²) in [5.74, 6) is 1.52. The van der Waals surface area contributed by atoms with E-state index in [0.29, 0.717) is 18.1 Å². The quantitative estimate of drug-likeness (QED) is 0.305. The molecule has 0 unspecified atom stereocenters. The number of rotatable bonds is 5. The molecule has 1 heterocycles. The number of methoxy groups -OCH3 is 1. The van der Waals surface area contributed by atoms with Gasteiger partial charge in [-0.05, 0) is 40.1 Å². The van der Waals surface area contributed by atoms with Crippen molar-refractivity contribution in [1.82, 2.24) is 0 Å². The first-order valence-electron chi connectivity index (χ1n) is 10.3. The molecule has 1 atom stereocenters. The van der Waals surface area contributed by atoms with Gasteiger partial charge in [0.1, 0.15) is 12.4 Å². The van der Waals surface area contributed by atoms with Crippen molar-refractivity contribution in [2.24, 2.45) is 0 Å². The van der Waals surface area contributed by atoms with Crippen LogP contribution >= 0.6 is 0 Å². The molecule has 0 radical (unpaired) electrons. The van der Waals surface area contributed by atoms with E-state index in [1.54, 1.807) is 7.11 Å². The van der Waals surface area contributed by atoms with E-state index in [2.05, 4.69) is 12.1 Å². The van der Waals surface area contributed by atoms with Crippen LogP contribution in [0, 0.1) is 0 Å². The summed E-state index contributed by atoms with van der Waals surface area (Å²) in [6.07, 6.45) is 0.283. The summed E-state index contributed by atoms with van der Waals surface area (Å²) in [6, 6.07) is 27.9.